The fourth-order valence-electron chi connectivity index (χ4n) is 4.30. The van der Waals surface area contributed by atoms with E-state index in [1.165, 1.54) is 4.70 Å². The molecule has 2 amide bonds. The van der Waals surface area contributed by atoms with Crippen molar-refractivity contribution in [1.29, 1.82) is 0 Å². The first-order chi connectivity index (χ1) is 17.8. The number of morpholine rings is 1. The molecule has 0 saturated carbocycles. The monoisotopic (exact) mass is 538 g/mol. The quantitative estimate of drug-likeness (QED) is 0.368. The minimum absolute atomic E-state index is 0. The second-order valence-corrected chi connectivity index (χ2v) is 10.5. The summed E-state index contributed by atoms with van der Waals surface area (Å²) in [6.45, 7) is 5.35. The molecule has 1 fully saturated rings. The maximum absolute atomic E-state index is 13.0. The molecule has 202 valence electrons. The Bertz CT molecular complexity index is 1420. The third kappa shape index (κ3) is 5.79. The third-order valence-corrected chi connectivity index (χ3v) is 7.35. The number of carbonyl (C=O) groups is 2. The molecule has 0 bridgehead atoms. The fourth-order valence-corrected chi connectivity index (χ4v) is 5.28. The van der Waals surface area contributed by atoms with E-state index in [0.717, 1.165) is 10.9 Å². The largest absolute Gasteiger partial charge is 0.443 e. The van der Waals surface area contributed by atoms with Gasteiger partial charge in [-0.2, -0.15) is 0 Å². The van der Waals surface area contributed by atoms with E-state index in [1.54, 1.807) is 30.1 Å². The summed E-state index contributed by atoms with van der Waals surface area (Å²) in [6.07, 6.45) is 0.101. The van der Waals surface area contributed by atoms with Crippen LogP contribution < -0.4 is 11.1 Å². The molecule has 4 aromatic rings. The van der Waals surface area contributed by atoms with Crippen LogP contribution in [0.15, 0.2) is 47.8 Å². The van der Waals surface area contributed by atoms with E-state index in [0.29, 0.717) is 49.9 Å². The standard InChI is InChI=1S/C26H30N6O4S.CH4/c1-26(2,27)24(33)28-20(14-17-16-37-21-8-4-3-7-19(17)21)23-30-29-22-9-5-6-18(32(22)23)15-36-25(34)31-10-12-35-13-11-31;/h3-9,16,20H,10-15,27H2,1-2H3,(H,28,33);1H4/t20-;/m1./s1. The van der Waals surface area contributed by atoms with E-state index >= 15 is 0 Å². The number of pyridine rings is 1. The molecule has 5 rings (SSSR count). The molecule has 3 aromatic heterocycles. The van der Waals surface area contributed by atoms with Crippen LogP contribution in [0.25, 0.3) is 15.7 Å². The molecule has 1 aliphatic heterocycles. The molecule has 0 radical (unpaired) electrons. The molecule has 1 saturated heterocycles. The number of thiophene rings is 1. The zero-order valence-corrected chi connectivity index (χ0v) is 21.7. The summed E-state index contributed by atoms with van der Waals surface area (Å²) < 4.78 is 14.0. The summed E-state index contributed by atoms with van der Waals surface area (Å²) in [7, 11) is 0. The van der Waals surface area contributed by atoms with E-state index in [9.17, 15) is 9.59 Å². The molecule has 10 nitrogen and oxygen atoms in total. The summed E-state index contributed by atoms with van der Waals surface area (Å²) in [6, 6.07) is 13.2. The summed E-state index contributed by atoms with van der Waals surface area (Å²) in [4.78, 5) is 27.2. The number of ether oxygens (including phenoxy) is 2. The molecule has 11 heteroatoms. The van der Waals surface area contributed by atoms with Gasteiger partial charge in [0.05, 0.1) is 30.5 Å². The Morgan fingerprint density at radius 3 is 2.68 bits per heavy atom. The van der Waals surface area contributed by atoms with Gasteiger partial charge in [-0.1, -0.05) is 31.7 Å². The summed E-state index contributed by atoms with van der Waals surface area (Å²) in [5.41, 5.74) is 7.42. The highest BCUT2D eigenvalue weighted by Crippen LogP contribution is 2.30. The number of hydrogen-bond donors (Lipinski definition) is 2. The lowest BCUT2D eigenvalue weighted by atomic mass is 10.0. The third-order valence-electron chi connectivity index (χ3n) is 6.33. The number of carbonyl (C=O) groups excluding carboxylic acids is 2. The second kappa shape index (κ2) is 11.5. The predicted octanol–water partition coefficient (Wildman–Crippen LogP) is 3.69. The first-order valence-electron chi connectivity index (χ1n) is 12.2. The minimum Gasteiger partial charge on any atom is -0.443 e. The van der Waals surface area contributed by atoms with Crippen molar-refractivity contribution in [2.75, 3.05) is 26.3 Å². The Morgan fingerprint density at radius 2 is 1.92 bits per heavy atom. The first kappa shape index (κ1) is 27.5. The zero-order valence-electron chi connectivity index (χ0n) is 20.8. The Balaban J connectivity index is 0.00000336. The lowest BCUT2D eigenvalue weighted by Gasteiger charge is -2.26. The molecule has 0 aliphatic carbocycles. The first-order valence-corrected chi connectivity index (χ1v) is 13.1. The number of nitrogens with one attached hydrogen (secondary N) is 1. The number of rotatable bonds is 7. The van der Waals surface area contributed by atoms with E-state index in [4.69, 9.17) is 15.2 Å². The van der Waals surface area contributed by atoms with Crippen LogP contribution in [0.2, 0.25) is 0 Å². The van der Waals surface area contributed by atoms with E-state index in [2.05, 4.69) is 33.0 Å². The molecule has 3 N–H and O–H groups in total. The lowest BCUT2D eigenvalue weighted by molar-refractivity contribution is -0.126. The molecule has 0 unspecified atom stereocenters. The highest BCUT2D eigenvalue weighted by molar-refractivity contribution is 7.17. The number of amides is 2. The molecule has 1 atom stereocenters. The summed E-state index contributed by atoms with van der Waals surface area (Å²) >= 11 is 1.66. The van der Waals surface area contributed by atoms with Crippen LogP contribution in [0.3, 0.4) is 0 Å². The molecule has 1 aliphatic rings. The van der Waals surface area contributed by atoms with E-state index in [1.807, 2.05) is 34.7 Å². The van der Waals surface area contributed by atoms with E-state index in [-0.39, 0.29) is 19.9 Å². The van der Waals surface area contributed by atoms with Gasteiger partial charge < -0.3 is 25.4 Å². The zero-order chi connectivity index (χ0) is 26.0. The van der Waals surface area contributed by atoms with Crippen LogP contribution in [0.4, 0.5) is 4.79 Å². The number of aromatic nitrogens is 3. The van der Waals surface area contributed by atoms with Gasteiger partial charge >= 0.3 is 6.09 Å². The SMILES string of the molecule is C.CC(C)(N)C(=O)N[C@H](Cc1csc2ccccc12)c1nnc2cccc(COC(=O)N3CCOCC3)n12. The topological polar surface area (TPSA) is 124 Å². The number of hydrogen-bond acceptors (Lipinski definition) is 8. The maximum atomic E-state index is 13.0. The molecule has 4 heterocycles. The molecular formula is C27H34N6O4S. The van der Waals surface area contributed by atoms with Crippen molar-refractivity contribution in [3.63, 3.8) is 0 Å². The van der Waals surface area contributed by atoms with Gasteiger partial charge in [-0.25, -0.2) is 4.79 Å². The van der Waals surface area contributed by atoms with Gasteiger partial charge in [0.25, 0.3) is 0 Å². The van der Waals surface area contributed by atoms with Gasteiger partial charge in [0.15, 0.2) is 11.5 Å². The average Bonchev–Trinajstić information content (AvgIpc) is 3.51. The lowest BCUT2D eigenvalue weighted by Crippen LogP contribution is -2.50. The van der Waals surface area contributed by atoms with Crippen molar-refractivity contribution in [2.24, 2.45) is 5.73 Å². The van der Waals surface area contributed by atoms with Crippen LogP contribution in [0.1, 0.15) is 44.4 Å². The Labute approximate surface area is 225 Å². The van der Waals surface area contributed by atoms with Gasteiger partial charge in [0.1, 0.15) is 6.61 Å². The van der Waals surface area contributed by atoms with Gasteiger partial charge in [-0.3, -0.25) is 9.20 Å². The van der Waals surface area contributed by atoms with Gasteiger partial charge in [-0.05, 0) is 48.4 Å². The molecule has 38 heavy (non-hydrogen) atoms. The van der Waals surface area contributed by atoms with Crippen molar-refractivity contribution >= 4 is 39.1 Å². The van der Waals surface area contributed by atoms with Crippen LogP contribution >= 0.6 is 11.3 Å². The molecular weight excluding hydrogens is 504 g/mol. The number of fused-ring (bicyclic) bond motifs is 2. The number of nitrogens with two attached hydrogens (primary N) is 1. The highest BCUT2D eigenvalue weighted by Gasteiger charge is 2.29. The van der Waals surface area contributed by atoms with Crippen LogP contribution in [-0.2, 0) is 27.3 Å². The molecule has 1 aromatic carbocycles. The van der Waals surface area contributed by atoms with Crippen molar-refractivity contribution in [3.05, 3.63) is 64.9 Å². The van der Waals surface area contributed by atoms with Gasteiger partial charge in [0.2, 0.25) is 5.91 Å². The van der Waals surface area contributed by atoms with Crippen LogP contribution in [0, 0.1) is 0 Å². The number of benzene rings is 1. The van der Waals surface area contributed by atoms with Crippen molar-refractivity contribution in [1.82, 2.24) is 24.8 Å². The number of nitrogens with zero attached hydrogens (tertiary/aromatic N) is 4. The van der Waals surface area contributed by atoms with E-state index < -0.39 is 17.7 Å². The van der Waals surface area contributed by atoms with Crippen molar-refractivity contribution in [3.8, 4) is 0 Å². The normalized spacial score (nSPS) is 14.8. The Hall–Kier alpha value is -3.54. The fraction of sp³-hybridized carbons (Fsp3) is 0.407. The second-order valence-electron chi connectivity index (χ2n) is 9.63. The summed E-state index contributed by atoms with van der Waals surface area (Å²) in [5.74, 6) is 0.242. The minimum atomic E-state index is -1.08. The van der Waals surface area contributed by atoms with Gasteiger partial charge in [0, 0.05) is 24.2 Å². The average molecular weight is 539 g/mol. The highest BCUT2D eigenvalue weighted by atomic mass is 32.1. The van der Waals surface area contributed by atoms with Crippen LogP contribution in [0.5, 0.6) is 0 Å². The Kier molecular flexibility index (Phi) is 8.29. The summed E-state index contributed by atoms with van der Waals surface area (Å²) in [5, 5.41) is 15.1. The van der Waals surface area contributed by atoms with Crippen molar-refractivity contribution in [2.45, 2.75) is 45.9 Å². The van der Waals surface area contributed by atoms with Crippen molar-refractivity contribution < 1.29 is 19.1 Å². The predicted molar refractivity (Wildman–Crippen MR) is 147 cm³/mol. The van der Waals surface area contributed by atoms with Crippen LogP contribution in [-0.4, -0.2) is 63.3 Å². The smallest absolute Gasteiger partial charge is 0.410 e. The Morgan fingerprint density at radius 1 is 1.16 bits per heavy atom. The maximum Gasteiger partial charge on any atom is 0.410 e. The molecule has 0 spiro atoms. The van der Waals surface area contributed by atoms with Gasteiger partial charge in [-0.15, -0.1) is 21.5 Å².